The van der Waals surface area contributed by atoms with Gasteiger partial charge >= 0.3 is 26.8 Å². The van der Waals surface area contributed by atoms with Crippen LogP contribution in [0.4, 0.5) is 0 Å². The molecule has 2 aliphatic heterocycles. The van der Waals surface area contributed by atoms with Crippen molar-refractivity contribution in [2.24, 2.45) is 17.3 Å². The summed E-state index contributed by atoms with van der Waals surface area (Å²) in [5, 5.41) is 97.3. The van der Waals surface area contributed by atoms with E-state index in [9.17, 15) is 71.8 Å². The van der Waals surface area contributed by atoms with Crippen LogP contribution in [0.5, 0.6) is 0 Å². The van der Waals surface area contributed by atoms with Crippen LogP contribution in [0.25, 0.3) is 11.3 Å². The van der Waals surface area contributed by atoms with E-state index in [4.69, 9.17) is 32.8 Å². The number of nitrogens with one attached hydrogen (secondary N) is 2. The van der Waals surface area contributed by atoms with Crippen LogP contribution < -0.4 is 10.6 Å². The molecule has 32 nitrogen and oxygen atoms in total. The van der Waals surface area contributed by atoms with Gasteiger partial charge in [-0.05, 0) is 38.5 Å². The Labute approximate surface area is 476 Å². The highest BCUT2D eigenvalue weighted by Crippen LogP contribution is 2.42. The minimum absolute atomic E-state index is 0.0115. The number of aliphatic hydroxyl groups excluding tert-OH is 6. The molecule has 2 aliphatic carbocycles. The quantitative estimate of drug-likeness (QED) is 0.0273. The summed E-state index contributed by atoms with van der Waals surface area (Å²) in [5.74, 6) is -4.20. The van der Waals surface area contributed by atoms with Crippen LogP contribution in [-0.4, -0.2) is 228 Å². The van der Waals surface area contributed by atoms with Gasteiger partial charge < -0.3 is 70.1 Å². The number of ether oxygens (including phenoxy) is 5. The molecule has 7 rings (SSSR count). The number of aliphatic carboxylic acids is 1. The number of hydrogen-bond donors (Lipinski definition) is 11. The number of carboxylic acids is 1. The van der Waals surface area contributed by atoms with Crippen LogP contribution in [0.3, 0.4) is 0 Å². The van der Waals surface area contributed by atoms with E-state index in [-0.39, 0.29) is 56.0 Å². The zero-order chi connectivity index (χ0) is 60.4. The Hall–Kier alpha value is -5.12. The molecule has 2 aromatic heterocycles. The highest BCUT2D eigenvalue weighted by Gasteiger charge is 2.54. The summed E-state index contributed by atoms with van der Waals surface area (Å²) in [4.78, 5) is 53.8. The molecule has 0 spiro atoms. The molecule has 2 amide bonds. The lowest BCUT2D eigenvalue weighted by molar-refractivity contribution is -0.337. The van der Waals surface area contributed by atoms with Crippen molar-refractivity contribution in [1.29, 1.82) is 0 Å². The molecule has 2 saturated carbocycles. The minimum Gasteiger partial charge on any atom is -0.479 e. The molecule has 1 aromatic carbocycles. The van der Waals surface area contributed by atoms with E-state index in [1.54, 1.807) is 36.5 Å². The third-order valence-corrected chi connectivity index (χ3v) is 16.0. The van der Waals surface area contributed by atoms with E-state index < -0.39 is 169 Å². The fraction of sp³-hybridized carbons (Fsp3) is 0.714. The number of carbonyl (C=O) groups excluding carboxylic acids is 3. The third-order valence-electron chi connectivity index (χ3n) is 15.2. The van der Waals surface area contributed by atoms with Gasteiger partial charge in [0.1, 0.15) is 60.2 Å². The second kappa shape index (κ2) is 28.8. The number of hydrogen-bond acceptors (Lipinski definition) is 25. The van der Waals surface area contributed by atoms with Crippen molar-refractivity contribution in [3.63, 3.8) is 0 Å². The summed E-state index contributed by atoms with van der Waals surface area (Å²) in [5.41, 5.74) is -1.30. The zero-order valence-corrected chi connectivity index (χ0v) is 46.9. The fourth-order valence-corrected chi connectivity index (χ4v) is 11.6. The topological polar surface area (TPSA) is 469 Å². The summed E-state index contributed by atoms with van der Waals surface area (Å²) >= 11 is 0. The minimum atomic E-state index is -5.13. The zero-order valence-electron chi connectivity index (χ0n) is 45.2. The number of aliphatic hydroxyl groups is 6. The third kappa shape index (κ3) is 17.7. The maximum atomic E-state index is 14.6. The highest BCUT2D eigenvalue weighted by atomic mass is 32.3. The molecule has 15 atom stereocenters. The first-order valence-corrected chi connectivity index (χ1v) is 29.6. The molecule has 3 aromatic rings. The van der Waals surface area contributed by atoms with Crippen LogP contribution in [0.15, 0.2) is 42.7 Å². The SMILES string of the molecule is CC(=O)NC1C(O[C@@H](CC2CCCCC2)C(=O)O)[C@@H](O)[C@H](CO)O[C@H]1O[C@@H]1CC(C(=O)CCCNC(=O)c2cn(CC(CO)(COS(=O)(=O)O)COS(=O)(=O)O)nn2)CC(n2cc(-c3ccccc3)nn2)[C@H]1O[C@@H]1OC(C)[C@@H](O)[C@H](O)C1O. The molecular formula is C49H72N8O24S2. The molecule has 83 heavy (non-hydrogen) atoms. The normalized spacial score (nSPS) is 29.7. The van der Waals surface area contributed by atoms with Gasteiger partial charge in [-0.25, -0.2) is 17.8 Å². The average Bonchev–Trinajstić information content (AvgIpc) is 4.18. The lowest BCUT2D eigenvalue weighted by Crippen LogP contribution is -2.67. The lowest BCUT2D eigenvalue weighted by Gasteiger charge is -2.49. The Morgan fingerprint density at radius 1 is 0.831 bits per heavy atom. The number of rotatable bonds is 28. The van der Waals surface area contributed by atoms with Gasteiger partial charge in [-0.1, -0.05) is 72.9 Å². The van der Waals surface area contributed by atoms with Crippen LogP contribution in [0.1, 0.15) is 94.6 Å². The van der Waals surface area contributed by atoms with Gasteiger partial charge in [-0.15, -0.1) is 10.2 Å². The molecule has 0 radical (unpaired) electrons. The largest absolute Gasteiger partial charge is 0.479 e. The maximum Gasteiger partial charge on any atom is 0.397 e. The van der Waals surface area contributed by atoms with Crippen molar-refractivity contribution < 1.29 is 113 Å². The van der Waals surface area contributed by atoms with Crippen molar-refractivity contribution >= 4 is 44.4 Å². The first-order chi connectivity index (χ1) is 39.3. The monoisotopic (exact) mass is 1220 g/mol. The summed E-state index contributed by atoms with van der Waals surface area (Å²) < 4.78 is 106. The average molecular weight is 1220 g/mol. The molecule has 6 unspecified atom stereocenters. The van der Waals surface area contributed by atoms with Crippen LogP contribution >= 0.6 is 0 Å². The van der Waals surface area contributed by atoms with Gasteiger partial charge in [-0.2, -0.15) is 16.8 Å². The Kier molecular flexibility index (Phi) is 22.7. The van der Waals surface area contributed by atoms with E-state index in [1.807, 2.05) is 0 Å². The van der Waals surface area contributed by atoms with Crippen LogP contribution in [0, 0.1) is 17.3 Å². The van der Waals surface area contributed by atoms with Crippen molar-refractivity contribution in [1.82, 2.24) is 40.6 Å². The predicted molar refractivity (Wildman–Crippen MR) is 277 cm³/mol. The number of nitrogens with zero attached hydrogens (tertiary/aromatic N) is 6. The van der Waals surface area contributed by atoms with Gasteiger partial charge in [-0.3, -0.25) is 28.2 Å². The standard InChI is InChI=1S/C49H72N8O24S2/c1-26-39(62)41(64)42(65)48(77-26)81-43-33(57-20-31(52-55-57)29-12-7-4-8-13-29)17-30(34(61)14-9-15-50-45(66)32-19-56(54-53-32)22-49(23-59,24-75-82(69,70)71)25-76-83(72,73)74)18-35(43)79-47-38(51-27(2)60)44(40(63)37(21-58)80-47)78-36(46(67)68)16-28-10-5-3-6-11-28/h4,7-8,12-13,19-20,26,28,30,33,35-44,47-48,58-59,62-65H,3,5-6,9-11,14-18,21-25H2,1-2H3,(H,50,66)(H,51,60)(H,67,68)(H,69,70,71)(H,72,73,74)/t26?,30?,33?,35-,36+,37+,38?,39-,40+,41+,42?,43-,44?,47-,48+/m1/s1. The van der Waals surface area contributed by atoms with Crippen LogP contribution in [0.2, 0.25) is 0 Å². The first-order valence-electron chi connectivity index (χ1n) is 26.9. The Morgan fingerprint density at radius 2 is 1.52 bits per heavy atom. The Morgan fingerprint density at radius 3 is 2.14 bits per heavy atom. The Bertz CT molecular complexity index is 2830. The molecule has 0 bridgehead atoms. The second-order valence-corrected chi connectivity index (χ2v) is 23.6. The molecule has 4 heterocycles. The molecule has 2 saturated heterocycles. The summed E-state index contributed by atoms with van der Waals surface area (Å²) in [7, 11) is -10.3. The number of carbonyl (C=O) groups is 4. The predicted octanol–water partition coefficient (Wildman–Crippen LogP) is -2.13. The highest BCUT2D eigenvalue weighted by molar-refractivity contribution is 7.81. The van der Waals surface area contributed by atoms with E-state index in [0.29, 0.717) is 11.3 Å². The summed E-state index contributed by atoms with van der Waals surface area (Å²) in [6.07, 6.45) is -12.1. The van der Waals surface area contributed by atoms with Gasteiger partial charge in [0.25, 0.3) is 5.91 Å². The van der Waals surface area contributed by atoms with Gasteiger partial charge in [0, 0.05) is 31.4 Å². The van der Waals surface area contributed by atoms with E-state index in [1.165, 1.54) is 11.6 Å². The van der Waals surface area contributed by atoms with Crippen molar-refractivity contribution in [2.75, 3.05) is 33.0 Å². The van der Waals surface area contributed by atoms with Crippen molar-refractivity contribution in [2.45, 2.75) is 170 Å². The summed E-state index contributed by atoms with van der Waals surface area (Å²) in [6.45, 7) is -2.24. The van der Waals surface area contributed by atoms with Gasteiger partial charge in [0.15, 0.2) is 24.4 Å². The van der Waals surface area contributed by atoms with E-state index >= 15 is 0 Å². The smallest absolute Gasteiger partial charge is 0.397 e. The van der Waals surface area contributed by atoms with Crippen LogP contribution in [-0.2, 0) is 73.8 Å². The second-order valence-electron chi connectivity index (χ2n) is 21.4. The van der Waals surface area contributed by atoms with E-state index in [0.717, 1.165) is 49.9 Å². The number of ketones is 1. The maximum absolute atomic E-state index is 14.6. The summed E-state index contributed by atoms with van der Waals surface area (Å²) in [6, 6.07) is 6.36. The fourth-order valence-electron chi connectivity index (χ4n) is 10.8. The molecule has 34 heteroatoms. The van der Waals surface area contributed by atoms with Gasteiger partial charge in [0.05, 0.1) is 69.0 Å². The molecule has 4 aliphatic rings. The van der Waals surface area contributed by atoms with Crippen molar-refractivity contribution in [3.8, 4) is 11.3 Å². The molecule has 4 fully saturated rings. The lowest BCUT2D eigenvalue weighted by atomic mass is 9.78. The number of benzene rings is 1. The Balaban J connectivity index is 1.16. The van der Waals surface area contributed by atoms with E-state index in [2.05, 4.69) is 39.6 Å². The first kappa shape index (κ1) is 65.4. The van der Waals surface area contributed by atoms with Gasteiger partial charge in [0.2, 0.25) is 5.91 Å². The molecular weight excluding hydrogens is 1150 g/mol. The molecule has 11 N–H and O–H groups in total. The molecule has 464 valence electrons. The number of carboxylic acid groups (broad SMARTS) is 1. The van der Waals surface area contributed by atoms with Crippen molar-refractivity contribution in [3.05, 3.63) is 48.4 Å². The number of amides is 2. The number of aromatic nitrogens is 6. The number of Topliss-reactive ketones (excluding diaryl/α,β-unsaturated/α-hetero) is 1.